The molecule has 1 rings (SSSR count). The van der Waals surface area contributed by atoms with Crippen molar-refractivity contribution in [3.8, 4) is 0 Å². The minimum Gasteiger partial charge on any atom is -0.383 e. The molecule has 0 bridgehead atoms. The Balaban J connectivity index is 2.37. The molecule has 0 amide bonds. The largest absolute Gasteiger partial charge is 0.383 e. The van der Waals surface area contributed by atoms with Crippen molar-refractivity contribution in [1.29, 1.82) is 0 Å². The number of methoxy groups -OCH3 is 1. The second-order valence-electron chi connectivity index (χ2n) is 4.27. The van der Waals surface area contributed by atoms with Crippen molar-refractivity contribution in [3.05, 3.63) is 0 Å². The minimum absolute atomic E-state index is 0.292. The summed E-state index contributed by atoms with van der Waals surface area (Å²) in [6.45, 7) is 3.52. The van der Waals surface area contributed by atoms with Crippen molar-refractivity contribution in [2.45, 2.75) is 25.3 Å². The maximum Gasteiger partial charge on any atom is 0.279 e. The van der Waals surface area contributed by atoms with Crippen LogP contribution in [0.4, 0.5) is 0 Å². The molecule has 1 aliphatic heterocycles. The van der Waals surface area contributed by atoms with Gasteiger partial charge in [0.2, 0.25) is 0 Å². The minimum atomic E-state index is -3.36. The lowest BCUT2D eigenvalue weighted by atomic mass is 9.89. The second-order valence-corrected chi connectivity index (χ2v) is 6.03. The summed E-state index contributed by atoms with van der Waals surface area (Å²) in [6, 6.07) is 0. The van der Waals surface area contributed by atoms with E-state index in [0.717, 1.165) is 12.8 Å². The third kappa shape index (κ3) is 3.39. The molecule has 1 saturated heterocycles. The maximum absolute atomic E-state index is 11.7. The summed E-state index contributed by atoms with van der Waals surface area (Å²) in [5.74, 6) is 0. The van der Waals surface area contributed by atoms with Gasteiger partial charge in [-0.05, 0) is 6.42 Å². The molecular weight excluding hydrogens is 230 g/mol. The van der Waals surface area contributed by atoms with Crippen molar-refractivity contribution in [2.24, 2.45) is 5.73 Å². The van der Waals surface area contributed by atoms with Gasteiger partial charge in [-0.25, -0.2) is 0 Å². The SMILES string of the molecule is CCCC1(N)CN(S(=O)(=O)NCCOC)C1. The van der Waals surface area contributed by atoms with Crippen LogP contribution >= 0.6 is 0 Å². The molecule has 0 aromatic carbocycles. The molecular formula is C9H21N3O3S. The topological polar surface area (TPSA) is 84.7 Å². The van der Waals surface area contributed by atoms with Crippen molar-refractivity contribution < 1.29 is 13.2 Å². The van der Waals surface area contributed by atoms with Crippen molar-refractivity contribution >= 4 is 10.2 Å². The van der Waals surface area contributed by atoms with Crippen LogP contribution in [0.1, 0.15) is 19.8 Å². The van der Waals surface area contributed by atoms with Gasteiger partial charge >= 0.3 is 0 Å². The number of hydrogen-bond acceptors (Lipinski definition) is 4. The van der Waals surface area contributed by atoms with Crippen LogP contribution in [-0.2, 0) is 14.9 Å². The normalized spacial score (nSPS) is 20.7. The van der Waals surface area contributed by atoms with Crippen LogP contribution in [0.5, 0.6) is 0 Å². The van der Waals surface area contributed by atoms with Crippen LogP contribution < -0.4 is 10.5 Å². The average Bonchev–Trinajstić information content (AvgIpc) is 2.14. The highest BCUT2D eigenvalue weighted by Gasteiger charge is 2.44. The van der Waals surface area contributed by atoms with Crippen LogP contribution in [-0.4, -0.2) is 51.6 Å². The van der Waals surface area contributed by atoms with E-state index in [9.17, 15) is 8.42 Å². The standard InChI is InChI=1S/C9H21N3O3S/c1-3-4-9(10)7-12(8-9)16(13,14)11-5-6-15-2/h11H,3-8,10H2,1-2H3. The number of nitrogens with zero attached hydrogens (tertiary/aromatic N) is 1. The number of hydrogen-bond donors (Lipinski definition) is 2. The summed E-state index contributed by atoms with van der Waals surface area (Å²) < 4.78 is 32.0. The van der Waals surface area contributed by atoms with Crippen LogP contribution in [0.25, 0.3) is 0 Å². The number of nitrogens with two attached hydrogens (primary N) is 1. The maximum atomic E-state index is 11.7. The van der Waals surface area contributed by atoms with E-state index in [2.05, 4.69) is 4.72 Å². The van der Waals surface area contributed by atoms with Gasteiger partial charge in [0, 0.05) is 32.3 Å². The van der Waals surface area contributed by atoms with Gasteiger partial charge in [-0.1, -0.05) is 13.3 Å². The molecule has 0 aromatic heterocycles. The van der Waals surface area contributed by atoms with E-state index in [1.165, 1.54) is 11.4 Å². The highest BCUT2D eigenvalue weighted by atomic mass is 32.2. The molecule has 1 fully saturated rings. The Kier molecular flexibility index (Phi) is 4.69. The molecule has 0 spiro atoms. The molecule has 0 aromatic rings. The van der Waals surface area contributed by atoms with E-state index in [1.54, 1.807) is 0 Å². The van der Waals surface area contributed by atoms with Gasteiger partial charge in [0.25, 0.3) is 10.2 Å². The molecule has 0 unspecified atom stereocenters. The van der Waals surface area contributed by atoms with E-state index < -0.39 is 10.2 Å². The van der Waals surface area contributed by atoms with Crippen LogP contribution in [0.3, 0.4) is 0 Å². The van der Waals surface area contributed by atoms with Gasteiger partial charge < -0.3 is 10.5 Å². The summed E-state index contributed by atoms with van der Waals surface area (Å²) in [4.78, 5) is 0. The third-order valence-electron chi connectivity index (χ3n) is 2.66. The molecule has 96 valence electrons. The summed E-state index contributed by atoms with van der Waals surface area (Å²) >= 11 is 0. The van der Waals surface area contributed by atoms with Crippen molar-refractivity contribution in [2.75, 3.05) is 33.4 Å². The second kappa shape index (κ2) is 5.42. The lowest BCUT2D eigenvalue weighted by molar-refractivity contribution is 0.144. The fourth-order valence-corrected chi connectivity index (χ4v) is 3.22. The van der Waals surface area contributed by atoms with E-state index in [-0.39, 0.29) is 5.54 Å². The molecule has 6 nitrogen and oxygen atoms in total. The fourth-order valence-electron chi connectivity index (χ4n) is 1.85. The average molecular weight is 251 g/mol. The molecule has 0 atom stereocenters. The Hall–Kier alpha value is -0.210. The zero-order valence-electron chi connectivity index (χ0n) is 9.90. The summed E-state index contributed by atoms with van der Waals surface area (Å²) in [5.41, 5.74) is 5.67. The summed E-state index contributed by atoms with van der Waals surface area (Å²) in [7, 11) is -1.83. The Bertz CT molecular complexity index is 312. The quantitative estimate of drug-likeness (QED) is 0.585. The Morgan fingerprint density at radius 1 is 1.50 bits per heavy atom. The lowest BCUT2D eigenvalue weighted by Crippen LogP contribution is -2.69. The predicted octanol–water partition coefficient (Wildman–Crippen LogP) is -0.720. The Labute approximate surface area is 97.3 Å². The van der Waals surface area contributed by atoms with Crippen LogP contribution in [0, 0.1) is 0 Å². The van der Waals surface area contributed by atoms with Gasteiger partial charge in [0.05, 0.1) is 6.61 Å². The molecule has 16 heavy (non-hydrogen) atoms. The van der Waals surface area contributed by atoms with E-state index >= 15 is 0 Å². The first-order chi connectivity index (χ1) is 7.43. The summed E-state index contributed by atoms with van der Waals surface area (Å²) in [6.07, 6.45) is 1.83. The molecule has 0 aliphatic carbocycles. The fraction of sp³-hybridized carbons (Fsp3) is 1.00. The Morgan fingerprint density at radius 2 is 2.12 bits per heavy atom. The smallest absolute Gasteiger partial charge is 0.279 e. The molecule has 3 N–H and O–H groups in total. The molecule has 1 aliphatic rings. The zero-order valence-corrected chi connectivity index (χ0v) is 10.7. The van der Waals surface area contributed by atoms with E-state index in [0.29, 0.717) is 26.2 Å². The number of nitrogens with one attached hydrogen (secondary N) is 1. The highest BCUT2D eigenvalue weighted by molar-refractivity contribution is 7.87. The van der Waals surface area contributed by atoms with Gasteiger partial charge in [0.15, 0.2) is 0 Å². The third-order valence-corrected chi connectivity index (χ3v) is 4.17. The van der Waals surface area contributed by atoms with Gasteiger partial charge in [0.1, 0.15) is 0 Å². The summed E-state index contributed by atoms with van der Waals surface area (Å²) in [5, 5.41) is 0. The van der Waals surface area contributed by atoms with Gasteiger partial charge in [-0.2, -0.15) is 17.4 Å². The highest BCUT2D eigenvalue weighted by Crippen LogP contribution is 2.25. The van der Waals surface area contributed by atoms with Gasteiger partial charge in [-0.15, -0.1) is 0 Å². The monoisotopic (exact) mass is 251 g/mol. The molecule has 0 radical (unpaired) electrons. The Morgan fingerprint density at radius 3 is 2.62 bits per heavy atom. The lowest BCUT2D eigenvalue weighted by Gasteiger charge is -2.46. The number of rotatable bonds is 7. The van der Waals surface area contributed by atoms with E-state index in [1.807, 2.05) is 6.92 Å². The first kappa shape index (κ1) is 13.9. The molecule has 0 saturated carbocycles. The molecule has 1 heterocycles. The predicted molar refractivity (Wildman–Crippen MR) is 62.2 cm³/mol. The number of ether oxygens (including phenoxy) is 1. The van der Waals surface area contributed by atoms with E-state index in [4.69, 9.17) is 10.5 Å². The van der Waals surface area contributed by atoms with Crippen LogP contribution in [0.2, 0.25) is 0 Å². The first-order valence-electron chi connectivity index (χ1n) is 5.46. The van der Waals surface area contributed by atoms with Crippen molar-refractivity contribution in [3.63, 3.8) is 0 Å². The van der Waals surface area contributed by atoms with Crippen LogP contribution in [0.15, 0.2) is 0 Å². The zero-order chi connectivity index (χ0) is 12.2. The van der Waals surface area contributed by atoms with Crippen molar-refractivity contribution in [1.82, 2.24) is 9.03 Å². The molecule has 7 heteroatoms. The first-order valence-corrected chi connectivity index (χ1v) is 6.90. The van der Waals surface area contributed by atoms with Gasteiger partial charge in [-0.3, -0.25) is 0 Å².